The van der Waals surface area contributed by atoms with E-state index in [1.165, 1.54) is 0 Å². The SMILES string of the molecule is COc1cccc2cc(C3CCNCC3)c(=O)[nH]c12. The molecule has 3 rings (SSSR count). The van der Waals surface area contributed by atoms with Gasteiger partial charge in [-0.2, -0.15) is 0 Å². The number of methoxy groups -OCH3 is 1. The highest BCUT2D eigenvalue weighted by molar-refractivity contribution is 5.84. The molecule has 4 heteroatoms. The average molecular weight is 258 g/mol. The van der Waals surface area contributed by atoms with Gasteiger partial charge in [-0.15, -0.1) is 0 Å². The molecule has 0 bridgehead atoms. The smallest absolute Gasteiger partial charge is 0.252 e. The lowest BCUT2D eigenvalue weighted by molar-refractivity contribution is 0.418. The first kappa shape index (κ1) is 12.2. The predicted molar refractivity (Wildman–Crippen MR) is 76.0 cm³/mol. The van der Waals surface area contributed by atoms with E-state index >= 15 is 0 Å². The number of rotatable bonds is 2. The van der Waals surface area contributed by atoms with E-state index < -0.39 is 0 Å². The number of benzene rings is 1. The third-order valence-corrected chi connectivity index (χ3v) is 3.87. The molecule has 1 aromatic heterocycles. The van der Waals surface area contributed by atoms with Crippen molar-refractivity contribution < 1.29 is 4.74 Å². The average Bonchev–Trinajstić information content (AvgIpc) is 2.47. The van der Waals surface area contributed by atoms with Gasteiger partial charge >= 0.3 is 0 Å². The molecule has 0 unspecified atom stereocenters. The van der Waals surface area contributed by atoms with Crippen molar-refractivity contribution in [3.05, 3.63) is 40.2 Å². The molecule has 0 atom stereocenters. The van der Waals surface area contributed by atoms with Crippen molar-refractivity contribution in [3.8, 4) is 5.75 Å². The first-order chi connectivity index (χ1) is 9.29. The van der Waals surface area contributed by atoms with Gasteiger partial charge in [0, 0.05) is 10.9 Å². The molecule has 100 valence electrons. The molecule has 0 saturated carbocycles. The van der Waals surface area contributed by atoms with Crippen LogP contribution in [0.1, 0.15) is 24.3 Å². The lowest BCUT2D eigenvalue weighted by Gasteiger charge is -2.22. The second-order valence-corrected chi connectivity index (χ2v) is 5.00. The number of pyridine rings is 1. The minimum absolute atomic E-state index is 0.0175. The Balaban J connectivity index is 2.11. The summed E-state index contributed by atoms with van der Waals surface area (Å²) < 4.78 is 5.29. The number of H-pyrrole nitrogens is 1. The van der Waals surface area contributed by atoms with Gasteiger partial charge in [-0.25, -0.2) is 0 Å². The van der Waals surface area contributed by atoms with E-state index in [0.717, 1.165) is 42.4 Å². The summed E-state index contributed by atoms with van der Waals surface area (Å²) in [5.41, 5.74) is 1.71. The van der Waals surface area contributed by atoms with E-state index in [1.54, 1.807) is 7.11 Å². The molecule has 0 aliphatic carbocycles. The quantitative estimate of drug-likeness (QED) is 0.866. The van der Waals surface area contributed by atoms with Gasteiger partial charge in [0.25, 0.3) is 5.56 Å². The Morgan fingerprint density at radius 3 is 2.79 bits per heavy atom. The van der Waals surface area contributed by atoms with Gasteiger partial charge in [0.1, 0.15) is 5.75 Å². The number of fused-ring (bicyclic) bond motifs is 1. The molecule has 2 aromatic rings. The van der Waals surface area contributed by atoms with Crippen molar-refractivity contribution in [1.82, 2.24) is 10.3 Å². The van der Waals surface area contributed by atoms with E-state index in [9.17, 15) is 4.79 Å². The summed E-state index contributed by atoms with van der Waals surface area (Å²) in [5, 5.41) is 4.36. The number of hydrogen-bond donors (Lipinski definition) is 2. The molecular formula is C15H18N2O2. The summed E-state index contributed by atoms with van der Waals surface area (Å²) in [6, 6.07) is 7.85. The fraction of sp³-hybridized carbons (Fsp3) is 0.400. The maximum atomic E-state index is 12.3. The zero-order valence-corrected chi connectivity index (χ0v) is 11.0. The van der Waals surface area contributed by atoms with Gasteiger partial charge in [0.15, 0.2) is 0 Å². The van der Waals surface area contributed by atoms with Crippen molar-refractivity contribution in [1.29, 1.82) is 0 Å². The van der Waals surface area contributed by atoms with Crippen LogP contribution >= 0.6 is 0 Å². The standard InChI is InChI=1S/C15H18N2O2/c1-19-13-4-2-3-11-9-12(15(18)17-14(11)13)10-5-7-16-8-6-10/h2-4,9-10,16H,5-8H2,1H3,(H,17,18). The van der Waals surface area contributed by atoms with Gasteiger partial charge in [-0.05, 0) is 44.0 Å². The minimum atomic E-state index is 0.0175. The van der Waals surface area contributed by atoms with E-state index in [2.05, 4.69) is 10.3 Å². The van der Waals surface area contributed by atoms with Crippen LogP contribution in [-0.2, 0) is 0 Å². The molecule has 19 heavy (non-hydrogen) atoms. The zero-order chi connectivity index (χ0) is 13.2. The fourth-order valence-electron chi connectivity index (χ4n) is 2.83. The number of ether oxygens (including phenoxy) is 1. The van der Waals surface area contributed by atoms with Crippen LogP contribution in [0.4, 0.5) is 0 Å². The van der Waals surface area contributed by atoms with Crippen molar-refractivity contribution in [2.45, 2.75) is 18.8 Å². The Bertz CT molecular complexity index is 642. The molecule has 1 saturated heterocycles. The van der Waals surface area contributed by atoms with Crippen molar-refractivity contribution in [3.63, 3.8) is 0 Å². The Morgan fingerprint density at radius 1 is 1.26 bits per heavy atom. The van der Waals surface area contributed by atoms with Crippen LogP contribution in [-0.4, -0.2) is 25.2 Å². The lowest BCUT2D eigenvalue weighted by atomic mass is 9.90. The highest BCUT2D eigenvalue weighted by atomic mass is 16.5. The summed E-state index contributed by atoms with van der Waals surface area (Å²) in [4.78, 5) is 15.2. The van der Waals surface area contributed by atoms with Gasteiger partial charge in [0.2, 0.25) is 0 Å². The van der Waals surface area contributed by atoms with E-state index in [0.29, 0.717) is 11.7 Å². The normalized spacial score (nSPS) is 16.7. The summed E-state index contributed by atoms with van der Waals surface area (Å²) >= 11 is 0. The molecule has 1 aromatic carbocycles. The molecule has 1 aliphatic rings. The first-order valence-corrected chi connectivity index (χ1v) is 6.70. The first-order valence-electron chi connectivity index (χ1n) is 6.70. The van der Waals surface area contributed by atoms with Crippen molar-refractivity contribution >= 4 is 10.9 Å². The van der Waals surface area contributed by atoms with Crippen LogP contribution in [0.5, 0.6) is 5.75 Å². The summed E-state index contributed by atoms with van der Waals surface area (Å²) in [6.07, 6.45) is 2.05. The molecule has 2 heterocycles. The van der Waals surface area contributed by atoms with Gasteiger partial charge in [-0.3, -0.25) is 4.79 Å². The molecule has 0 radical (unpaired) electrons. The minimum Gasteiger partial charge on any atom is -0.495 e. The van der Waals surface area contributed by atoms with Crippen LogP contribution in [0.25, 0.3) is 10.9 Å². The third kappa shape index (κ3) is 2.24. The number of hydrogen-bond acceptors (Lipinski definition) is 3. The molecule has 2 N–H and O–H groups in total. The maximum Gasteiger partial charge on any atom is 0.252 e. The number of para-hydroxylation sites is 1. The fourth-order valence-corrected chi connectivity index (χ4v) is 2.83. The Labute approximate surface area is 111 Å². The van der Waals surface area contributed by atoms with Gasteiger partial charge < -0.3 is 15.0 Å². The molecular weight excluding hydrogens is 240 g/mol. The highest BCUT2D eigenvalue weighted by Crippen LogP contribution is 2.27. The van der Waals surface area contributed by atoms with E-state index in [4.69, 9.17) is 4.74 Å². The Kier molecular flexibility index (Phi) is 3.25. The Morgan fingerprint density at radius 2 is 2.05 bits per heavy atom. The van der Waals surface area contributed by atoms with Crippen molar-refractivity contribution in [2.75, 3.05) is 20.2 Å². The van der Waals surface area contributed by atoms with Crippen LogP contribution in [0.2, 0.25) is 0 Å². The number of nitrogens with one attached hydrogen (secondary N) is 2. The summed E-state index contributed by atoms with van der Waals surface area (Å²) in [5.74, 6) is 1.08. The molecule has 1 aliphatic heterocycles. The maximum absolute atomic E-state index is 12.3. The van der Waals surface area contributed by atoms with Gasteiger partial charge in [0.05, 0.1) is 12.6 Å². The molecule has 1 fully saturated rings. The number of aromatic amines is 1. The lowest BCUT2D eigenvalue weighted by Crippen LogP contribution is -2.29. The highest BCUT2D eigenvalue weighted by Gasteiger charge is 2.19. The van der Waals surface area contributed by atoms with Crippen LogP contribution < -0.4 is 15.6 Å². The van der Waals surface area contributed by atoms with Crippen LogP contribution in [0.3, 0.4) is 0 Å². The second kappa shape index (κ2) is 5.05. The summed E-state index contributed by atoms with van der Waals surface area (Å²) in [7, 11) is 1.62. The Hall–Kier alpha value is -1.81. The van der Waals surface area contributed by atoms with Crippen molar-refractivity contribution in [2.24, 2.45) is 0 Å². The number of piperidine rings is 1. The van der Waals surface area contributed by atoms with Gasteiger partial charge in [-0.1, -0.05) is 12.1 Å². The second-order valence-electron chi connectivity index (χ2n) is 5.00. The monoisotopic (exact) mass is 258 g/mol. The molecule has 0 amide bonds. The largest absolute Gasteiger partial charge is 0.495 e. The van der Waals surface area contributed by atoms with Crippen LogP contribution in [0.15, 0.2) is 29.1 Å². The third-order valence-electron chi connectivity index (χ3n) is 3.87. The zero-order valence-electron chi connectivity index (χ0n) is 11.0. The number of aromatic nitrogens is 1. The topological polar surface area (TPSA) is 54.1 Å². The predicted octanol–water partition coefficient (Wildman–Crippen LogP) is 2.00. The van der Waals surface area contributed by atoms with Crippen LogP contribution in [0, 0.1) is 0 Å². The van der Waals surface area contributed by atoms with E-state index in [1.807, 2.05) is 24.3 Å². The summed E-state index contributed by atoms with van der Waals surface area (Å²) in [6.45, 7) is 1.97. The molecule has 4 nitrogen and oxygen atoms in total. The van der Waals surface area contributed by atoms with E-state index in [-0.39, 0.29) is 5.56 Å². The molecule has 0 spiro atoms.